The van der Waals surface area contributed by atoms with Crippen LogP contribution in [0.1, 0.15) is 38.5 Å². The second kappa shape index (κ2) is 7.28. The first-order valence-corrected chi connectivity index (χ1v) is 10.3. The standard InChI is InChI=1S/C20H22BrF2NO4/c21-20-8-12-5-13(9-20)7-19(6-12,11-20)17(26)27-10-16(25)24-14-1-3-15(4-2-14)28-18(22)23/h1-4,12-13,18H,5-11H2,(H,24,25)/t12-,13+,19?,20?. The normalized spacial score (nSPS) is 33.0. The summed E-state index contributed by atoms with van der Waals surface area (Å²) in [6.45, 7) is -3.26. The van der Waals surface area contributed by atoms with Gasteiger partial charge < -0.3 is 14.8 Å². The molecule has 0 saturated heterocycles. The summed E-state index contributed by atoms with van der Waals surface area (Å²) in [5, 5.41) is 2.59. The van der Waals surface area contributed by atoms with Gasteiger partial charge in [0.25, 0.3) is 5.91 Å². The SMILES string of the molecule is O=C(COC(=O)C12C[C@@H]3C[C@@H](CC(Br)(C3)C1)C2)Nc1ccc(OC(F)F)cc1. The first kappa shape index (κ1) is 19.6. The molecule has 0 aliphatic heterocycles. The fourth-order valence-corrected chi connectivity index (χ4v) is 7.04. The summed E-state index contributed by atoms with van der Waals surface area (Å²) in [5.74, 6) is 0.368. The van der Waals surface area contributed by atoms with Gasteiger partial charge >= 0.3 is 12.6 Å². The van der Waals surface area contributed by atoms with Gasteiger partial charge in [-0.25, -0.2) is 0 Å². The van der Waals surface area contributed by atoms with Crippen molar-refractivity contribution in [3.63, 3.8) is 0 Å². The quantitative estimate of drug-likeness (QED) is 0.504. The maximum Gasteiger partial charge on any atom is 0.387 e. The van der Waals surface area contributed by atoms with Gasteiger partial charge in [0.1, 0.15) is 5.75 Å². The van der Waals surface area contributed by atoms with E-state index in [1.54, 1.807) is 0 Å². The maximum atomic E-state index is 12.8. The summed E-state index contributed by atoms with van der Waals surface area (Å²) in [7, 11) is 0. The second-order valence-electron chi connectivity index (χ2n) is 8.42. The van der Waals surface area contributed by atoms with E-state index in [1.807, 2.05) is 0 Å². The molecule has 1 amide bonds. The highest BCUT2D eigenvalue weighted by Gasteiger charge is 2.60. The average Bonchev–Trinajstić information content (AvgIpc) is 2.59. The van der Waals surface area contributed by atoms with Crippen LogP contribution in [0.2, 0.25) is 0 Å². The van der Waals surface area contributed by atoms with Crippen molar-refractivity contribution in [1.82, 2.24) is 0 Å². The lowest BCUT2D eigenvalue weighted by atomic mass is 9.49. The van der Waals surface area contributed by atoms with Crippen LogP contribution >= 0.6 is 15.9 Å². The number of benzene rings is 1. The largest absolute Gasteiger partial charge is 0.455 e. The highest BCUT2D eigenvalue weighted by molar-refractivity contribution is 9.10. The number of halogens is 3. The van der Waals surface area contributed by atoms with E-state index in [0.29, 0.717) is 17.5 Å². The predicted octanol–water partition coefficient (Wildman–Crippen LogP) is 4.50. The van der Waals surface area contributed by atoms with Gasteiger partial charge in [-0.15, -0.1) is 0 Å². The smallest absolute Gasteiger partial charge is 0.387 e. The van der Waals surface area contributed by atoms with E-state index in [4.69, 9.17) is 4.74 Å². The number of esters is 1. The number of rotatable bonds is 6. The van der Waals surface area contributed by atoms with E-state index in [2.05, 4.69) is 26.0 Å². The van der Waals surface area contributed by atoms with Gasteiger partial charge in [0.2, 0.25) is 0 Å². The summed E-state index contributed by atoms with van der Waals surface area (Å²) in [6.07, 6.45) is 5.90. The molecule has 4 bridgehead atoms. The van der Waals surface area contributed by atoms with Crippen molar-refractivity contribution >= 4 is 33.5 Å². The van der Waals surface area contributed by atoms with Gasteiger partial charge in [-0.05, 0) is 74.6 Å². The molecule has 0 radical (unpaired) electrons. The third-order valence-corrected chi connectivity index (χ3v) is 7.05. The molecule has 2 unspecified atom stereocenters. The molecule has 0 aromatic heterocycles. The van der Waals surface area contributed by atoms with E-state index in [-0.39, 0.29) is 22.6 Å². The van der Waals surface area contributed by atoms with E-state index in [1.165, 1.54) is 30.7 Å². The molecular formula is C20H22BrF2NO4. The molecule has 4 fully saturated rings. The average molecular weight is 458 g/mol. The summed E-state index contributed by atoms with van der Waals surface area (Å²) in [4.78, 5) is 25.0. The molecule has 152 valence electrons. The molecule has 4 aliphatic rings. The molecule has 1 aromatic rings. The predicted molar refractivity (Wildman–Crippen MR) is 101 cm³/mol. The number of alkyl halides is 3. The Bertz CT molecular complexity index is 756. The van der Waals surface area contributed by atoms with Crippen LogP contribution in [0.15, 0.2) is 24.3 Å². The molecule has 8 heteroatoms. The monoisotopic (exact) mass is 457 g/mol. The number of hydrogen-bond donors (Lipinski definition) is 1. The van der Waals surface area contributed by atoms with Gasteiger partial charge in [0, 0.05) is 10.0 Å². The molecule has 5 nitrogen and oxygen atoms in total. The minimum atomic E-state index is -2.90. The van der Waals surface area contributed by atoms with Crippen molar-refractivity contribution in [2.45, 2.75) is 49.5 Å². The molecule has 1 N–H and O–H groups in total. The second-order valence-corrected chi connectivity index (χ2v) is 10.1. The number of hydrogen-bond acceptors (Lipinski definition) is 4. The number of nitrogens with one attached hydrogen (secondary N) is 1. The summed E-state index contributed by atoms with van der Waals surface area (Å²) in [5.41, 5.74) is -0.0563. The number of carbonyl (C=O) groups excluding carboxylic acids is 2. The van der Waals surface area contributed by atoms with Crippen molar-refractivity contribution in [3.8, 4) is 5.75 Å². The lowest BCUT2D eigenvalue weighted by molar-refractivity contribution is -0.170. The van der Waals surface area contributed by atoms with E-state index in [9.17, 15) is 18.4 Å². The Balaban J connectivity index is 1.31. The zero-order chi connectivity index (χ0) is 19.9. The molecule has 4 atom stereocenters. The molecule has 4 aliphatic carbocycles. The molecule has 1 aromatic carbocycles. The molecule has 4 saturated carbocycles. The number of ether oxygens (including phenoxy) is 2. The molecular weight excluding hydrogens is 436 g/mol. The molecule has 5 rings (SSSR count). The molecule has 28 heavy (non-hydrogen) atoms. The van der Waals surface area contributed by atoms with Gasteiger partial charge in [0.05, 0.1) is 5.41 Å². The highest BCUT2D eigenvalue weighted by Crippen LogP contribution is 2.64. The number of carbonyl (C=O) groups is 2. The fourth-order valence-electron chi connectivity index (χ4n) is 5.59. The minimum Gasteiger partial charge on any atom is -0.455 e. The Morgan fingerprint density at radius 1 is 1.14 bits per heavy atom. The zero-order valence-corrected chi connectivity index (χ0v) is 16.8. The fraction of sp³-hybridized carbons (Fsp3) is 0.600. The highest BCUT2D eigenvalue weighted by atomic mass is 79.9. The van der Waals surface area contributed by atoms with Crippen LogP contribution in [-0.2, 0) is 14.3 Å². The van der Waals surface area contributed by atoms with Crippen LogP contribution < -0.4 is 10.1 Å². The van der Waals surface area contributed by atoms with E-state index < -0.39 is 17.9 Å². The van der Waals surface area contributed by atoms with Gasteiger partial charge in [-0.1, -0.05) is 15.9 Å². The summed E-state index contributed by atoms with van der Waals surface area (Å²) >= 11 is 3.86. The van der Waals surface area contributed by atoms with E-state index in [0.717, 1.165) is 32.1 Å². The van der Waals surface area contributed by atoms with Crippen molar-refractivity contribution < 1.29 is 27.8 Å². The van der Waals surface area contributed by atoms with Crippen molar-refractivity contribution in [2.75, 3.05) is 11.9 Å². The maximum absolute atomic E-state index is 12.8. The van der Waals surface area contributed by atoms with Crippen molar-refractivity contribution in [2.24, 2.45) is 17.3 Å². The van der Waals surface area contributed by atoms with Crippen LogP contribution in [0, 0.1) is 17.3 Å². The van der Waals surface area contributed by atoms with Gasteiger partial charge in [-0.2, -0.15) is 8.78 Å². The van der Waals surface area contributed by atoms with Crippen LogP contribution in [0.4, 0.5) is 14.5 Å². The van der Waals surface area contributed by atoms with Crippen LogP contribution in [-0.4, -0.2) is 29.4 Å². The van der Waals surface area contributed by atoms with Crippen molar-refractivity contribution in [1.29, 1.82) is 0 Å². The molecule has 0 spiro atoms. The number of amides is 1. The third kappa shape index (κ3) is 4.02. The Hall–Kier alpha value is -1.70. The number of anilines is 1. The van der Waals surface area contributed by atoms with Gasteiger partial charge in [0.15, 0.2) is 6.61 Å². The first-order chi connectivity index (χ1) is 13.3. The molecule has 0 heterocycles. The van der Waals surface area contributed by atoms with Gasteiger partial charge in [-0.3, -0.25) is 9.59 Å². The zero-order valence-electron chi connectivity index (χ0n) is 15.3. The Kier molecular flexibility index (Phi) is 5.10. The lowest BCUT2D eigenvalue weighted by Crippen LogP contribution is -2.56. The van der Waals surface area contributed by atoms with Crippen LogP contribution in [0.3, 0.4) is 0 Å². The topological polar surface area (TPSA) is 64.6 Å². The summed E-state index contributed by atoms with van der Waals surface area (Å²) in [6, 6.07) is 5.56. The van der Waals surface area contributed by atoms with E-state index >= 15 is 0 Å². The Labute approximate surface area is 170 Å². The Morgan fingerprint density at radius 2 is 1.79 bits per heavy atom. The third-order valence-electron chi connectivity index (χ3n) is 6.12. The first-order valence-electron chi connectivity index (χ1n) is 9.46. The van der Waals surface area contributed by atoms with Crippen LogP contribution in [0.25, 0.3) is 0 Å². The Morgan fingerprint density at radius 3 is 2.36 bits per heavy atom. The van der Waals surface area contributed by atoms with Crippen molar-refractivity contribution in [3.05, 3.63) is 24.3 Å². The minimum absolute atomic E-state index is 0.00458. The summed E-state index contributed by atoms with van der Waals surface area (Å²) < 4.78 is 34.0. The van der Waals surface area contributed by atoms with Crippen LogP contribution in [0.5, 0.6) is 5.75 Å². The lowest BCUT2D eigenvalue weighted by Gasteiger charge is -2.58.